The van der Waals surface area contributed by atoms with Crippen molar-refractivity contribution in [3.63, 3.8) is 0 Å². The van der Waals surface area contributed by atoms with E-state index in [-0.39, 0.29) is 0 Å². The van der Waals surface area contributed by atoms with Gasteiger partial charge in [-0.25, -0.2) is 4.31 Å². The van der Waals surface area contributed by atoms with Crippen molar-refractivity contribution in [1.82, 2.24) is 4.31 Å². The molecule has 3 rings (SSSR count). The standard InChI is InChI=1S/C10H11NS/c1-2-4-9-8(3-1)7-11-10(9)5-6-12-11/h1-4,10H,5-7H2. The van der Waals surface area contributed by atoms with E-state index in [4.69, 9.17) is 0 Å². The first-order chi connectivity index (χ1) is 5.95. The average Bonchev–Trinajstić information content (AvgIpc) is 2.62. The van der Waals surface area contributed by atoms with Crippen molar-refractivity contribution < 1.29 is 0 Å². The molecule has 1 atom stereocenters. The fraction of sp³-hybridized carbons (Fsp3) is 0.400. The van der Waals surface area contributed by atoms with E-state index >= 15 is 0 Å². The molecule has 12 heavy (non-hydrogen) atoms. The lowest BCUT2D eigenvalue weighted by molar-refractivity contribution is 0.412. The molecule has 0 amide bonds. The van der Waals surface area contributed by atoms with Gasteiger partial charge >= 0.3 is 0 Å². The lowest BCUT2D eigenvalue weighted by Gasteiger charge is -2.11. The normalized spacial score (nSPS) is 27.2. The topological polar surface area (TPSA) is 3.24 Å². The Morgan fingerprint density at radius 2 is 2.25 bits per heavy atom. The summed E-state index contributed by atoms with van der Waals surface area (Å²) in [7, 11) is 0. The van der Waals surface area contributed by atoms with Gasteiger partial charge in [0, 0.05) is 18.3 Å². The van der Waals surface area contributed by atoms with Crippen LogP contribution in [-0.4, -0.2) is 10.1 Å². The van der Waals surface area contributed by atoms with E-state index in [1.165, 1.54) is 17.7 Å². The summed E-state index contributed by atoms with van der Waals surface area (Å²) in [6.45, 7) is 1.16. The van der Waals surface area contributed by atoms with E-state index in [1.807, 2.05) is 11.9 Å². The van der Waals surface area contributed by atoms with Crippen molar-refractivity contribution in [2.24, 2.45) is 0 Å². The van der Waals surface area contributed by atoms with Crippen LogP contribution in [0.3, 0.4) is 0 Å². The Labute approximate surface area is 76.9 Å². The van der Waals surface area contributed by atoms with Gasteiger partial charge in [0.15, 0.2) is 0 Å². The number of hydrogen-bond donors (Lipinski definition) is 0. The molecule has 2 heterocycles. The molecule has 2 aliphatic heterocycles. The SMILES string of the molecule is c1ccc2c(c1)CN1SCCC21. The van der Waals surface area contributed by atoms with Crippen LogP contribution in [0, 0.1) is 0 Å². The molecule has 1 nitrogen and oxygen atoms in total. The third kappa shape index (κ3) is 0.852. The molecule has 1 aromatic carbocycles. The highest BCUT2D eigenvalue weighted by Gasteiger charge is 2.33. The highest BCUT2D eigenvalue weighted by atomic mass is 32.2. The van der Waals surface area contributed by atoms with Gasteiger partial charge < -0.3 is 0 Å². The Kier molecular flexibility index (Phi) is 1.46. The van der Waals surface area contributed by atoms with Crippen LogP contribution in [0.4, 0.5) is 0 Å². The Morgan fingerprint density at radius 3 is 3.25 bits per heavy atom. The molecule has 0 spiro atoms. The molecular formula is C10H11NS. The molecule has 0 bridgehead atoms. The summed E-state index contributed by atoms with van der Waals surface area (Å²) in [6, 6.07) is 9.57. The van der Waals surface area contributed by atoms with Crippen LogP contribution in [0.25, 0.3) is 0 Å². The van der Waals surface area contributed by atoms with Crippen molar-refractivity contribution >= 4 is 11.9 Å². The maximum Gasteiger partial charge on any atom is 0.0467 e. The summed E-state index contributed by atoms with van der Waals surface area (Å²) in [5.41, 5.74) is 3.11. The highest BCUT2D eigenvalue weighted by molar-refractivity contribution is 7.97. The molecule has 2 heteroatoms. The third-order valence-corrected chi connectivity index (χ3v) is 3.87. The minimum atomic E-state index is 0.728. The molecule has 0 saturated carbocycles. The third-order valence-electron chi connectivity index (χ3n) is 2.74. The molecule has 62 valence electrons. The molecule has 2 aliphatic rings. The van der Waals surface area contributed by atoms with Crippen LogP contribution in [0.15, 0.2) is 24.3 Å². The Hall–Kier alpha value is -0.470. The van der Waals surface area contributed by atoms with Gasteiger partial charge in [0.05, 0.1) is 0 Å². The van der Waals surface area contributed by atoms with Gasteiger partial charge in [0.25, 0.3) is 0 Å². The van der Waals surface area contributed by atoms with E-state index in [9.17, 15) is 0 Å². The molecule has 0 radical (unpaired) electrons. The van der Waals surface area contributed by atoms with Gasteiger partial charge in [-0.2, -0.15) is 0 Å². The maximum atomic E-state index is 2.52. The quantitative estimate of drug-likeness (QED) is 0.560. The van der Waals surface area contributed by atoms with Gasteiger partial charge in [-0.05, 0) is 17.5 Å². The molecule has 1 saturated heterocycles. The number of rotatable bonds is 0. The predicted molar refractivity (Wildman–Crippen MR) is 51.8 cm³/mol. The number of benzene rings is 1. The van der Waals surface area contributed by atoms with E-state index in [0.29, 0.717) is 0 Å². The zero-order valence-corrected chi connectivity index (χ0v) is 7.68. The van der Waals surface area contributed by atoms with Gasteiger partial charge in [-0.15, -0.1) is 0 Å². The number of nitrogens with zero attached hydrogens (tertiary/aromatic N) is 1. The van der Waals surface area contributed by atoms with Crippen LogP contribution in [0.1, 0.15) is 23.6 Å². The molecule has 1 fully saturated rings. The Balaban J connectivity index is 2.09. The van der Waals surface area contributed by atoms with Crippen LogP contribution in [0.5, 0.6) is 0 Å². The summed E-state index contributed by atoms with van der Waals surface area (Å²) in [6.07, 6.45) is 1.34. The molecule has 0 aromatic heterocycles. The van der Waals surface area contributed by atoms with Crippen molar-refractivity contribution in [2.45, 2.75) is 19.0 Å². The first kappa shape index (κ1) is 6.98. The van der Waals surface area contributed by atoms with E-state index in [1.54, 1.807) is 5.56 Å². The van der Waals surface area contributed by atoms with Crippen LogP contribution in [0.2, 0.25) is 0 Å². The maximum absolute atomic E-state index is 2.52. The van der Waals surface area contributed by atoms with E-state index in [0.717, 1.165) is 12.6 Å². The monoisotopic (exact) mass is 177 g/mol. The minimum absolute atomic E-state index is 0.728. The van der Waals surface area contributed by atoms with Gasteiger partial charge in [0.2, 0.25) is 0 Å². The van der Waals surface area contributed by atoms with Gasteiger partial charge in [-0.1, -0.05) is 36.2 Å². The molecule has 0 N–H and O–H groups in total. The molecule has 1 aromatic rings. The van der Waals surface area contributed by atoms with E-state index in [2.05, 4.69) is 28.6 Å². The van der Waals surface area contributed by atoms with Crippen LogP contribution in [-0.2, 0) is 6.54 Å². The van der Waals surface area contributed by atoms with Crippen molar-refractivity contribution in [3.05, 3.63) is 35.4 Å². The molecular weight excluding hydrogens is 166 g/mol. The summed E-state index contributed by atoms with van der Waals surface area (Å²) < 4.78 is 2.52. The van der Waals surface area contributed by atoms with Crippen molar-refractivity contribution in [1.29, 1.82) is 0 Å². The van der Waals surface area contributed by atoms with Crippen LogP contribution >= 0.6 is 11.9 Å². The zero-order chi connectivity index (χ0) is 7.97. The summed E-state index contributed by atoms with van der Waals surface area (Å²) in [4.78, 5) is 0. The lowest BCUT2D eigenvalue weighted by atomic mass is 10.0. The average molecular weight is 177 g/mol. The Morgan fingerprint density at radius 1 is 1.33 bits per heavy atom. The fourth-order valence-corrected chi connectivity index (χ4v) is 3.35. The number of fused-ring (bicyclic) bond motifs is 3. The first-order valence-electron chi connectivity index (χ1n) is 4.42. The summed E-state index contributed by atoms with van der Waals surface area (Å²) in [5, 5.41) is 0. The first-order valence-corrected chi connectivity index (χ1v) is 5.37. The molecule has 1 unspecified atom stereocenters. The lowest BCUT2D eigenvalue weighted by Crippen LogP contribution is -2.05. The predicted octanol–water partition coefficient (Wildman–Crippen LogP) is 2.60. The van der Waals surface area contributed by atoms with Crippen molar-refractivity contribution in [2.75, 3.05) is 5.75 Å². The zero-order valence-electron chi connectivity index (χ0n) is 6.86. The molecule has 0 aliphatic carbocycles. The summed E-state index contributed by atoms with van der Waals surface area (Å²) in [5.74, 6) is 1.30. The van der Waals surface area contributed by atoms with Gasteiger partial charge in [0.1, 0.15) is 0 Å². The number of hydrogen-bond acceptors (Lipinski definition) is 2. The minimum Gasteiger partial charge on any atom is -0.239 e. The highest BCUT2D eigenvalue weighted by Crippen LogP contribution is 2.45. The smallest absolute Gasteiger partial charge is 0.0467 e. The summed E-state index contributed by atoms with van der Waals surface area (Å²) >= 11 is 2.00. The second kappa shape index (κ2) is 2.51. The Bertz CT molecular complexity index is 310. The van der Waals surface area contributed by atoms with E-state index < -0.39 is 0 Å². The van der Waals surface area contributed by atoms with Crippen molar-refractivity contribution in [3.8, 4) is 0 Å². The second-order valence-electron chi connectivity index (χ2n) is 3.41. The second-order valence-corrected chi connectivity index (χ2v) is 4.55. The van der Waals surface area contributed by atoms with Gasteiger partial charge in [-0.3, -0.25) is 0 Å². The largest absolute Gasteiger partial charge is 0.239 e. The fourth-order valence-electron chi connectivity index (χ4n) is 2.15. The van der Waals surface area contributed by atoms with Crippen LogP contribution < -0.4 is 0 Å².